The van der Waals surface area contributed by atoms with E-state index in [1.54, 1.807) is 17.0 Å². The smallest absolute Gasteiger partial charge is 0.339 e. The lowest BCUT2D eigenvalue weighted by atomic mass is 9.91. The van der Waals surface area contributed by atoms with Gasteiger partial charge in [0.15, 0.2) is 5.60 Å². The number of carbonyl (C=O) groups excluding carboxylic acids is 2. The van der Waals surface area contributed by atoms with Crippen molar-refractivity contribution in [3.63, 3.8) is 0 Å². The number of aromatic hydroxyl groups is 1. The maximum Gasteiger partial charge on any atom is 0.339 e. The Bertz CT molecular complexity index is 866. The number of hydrogen-bond acceptors (Lipinski definition) is 4. The number of esters is 1. The summed E-state index contributed by atoms with van der Waals surface area (Å²) in [6.07, 6.45) is 0.540. The quantitative estimate of drug-likeness (QED) is 0.808. The van der Waals surface area contributed by atoms with Crippen molar-refractivity contribution in [2.24, 2.45) is 0 Å². The normalized spacial score (nSPS) is 21.9. The van der Waals surface area contributed by atoms with Crippen LogP contribution in [0.3, 0.4) is 0 Å². The van der Waals surface area contributed by atoms with Crippen molar-refractivity contribution < 1.29 is 19.4 Å². The van der Waals surface area contributed by atoms with Crippen molar-refractivity contribution in [2.45, 2.75) is 12.0 Å². The number of nitrogens with zero attached hydrogens (tertiary/aromatic N) is 1. The molecule has 24 heavy (non-hydrogen) atoms. The highest BCUT2D eigenvalue weighted by Crippen LogP contribution is 2.43. The Morgan fingerprint density at radius 3 is 2.88 bits per heavy atom. The first-order chi connectivity index (χ1) is 11.5. The number of fused-ring (bicyclic) bond motifs is 2. The van der Waals surface area contributed by atoms with Gasteiger partial charge in [-0.05, 0) is 24.3 Å². The fraction of sp³-hybridized carbons (Fsp3) is 0.222. The van der Waals surface area contributed by atoms with Gasteiger partial charge in [0.2, 0.25) is 0 Å². The first kappa shape index (κ1) is 15.0. The highest BCUT2D eigenvalue weighted by molar-refractivity contribution is 6.33. The summed E-state index contributed by atoms with van der Waals surface area (Å²) in [6.45, 7) is 0.729. The van der Waals surface area contributed by atoms with Gasteiger partial charge in [-0.1, -0.05) is 29.8 Å². The maximum absolute atomic E-state index is 12.7. The molecule has 2 aliphatic rings. The summed E-state index contributed by atoms with van der Waals surface area (Å²) in [6, 6.07) is 11.5. The Morgan fingerprint density at radius 2 is 2.04 bits per heavy atom. The zero-order chi connectivity index (χ0) is 16.9. The zero-order valence-corrected chi connectivity index (χ0v) is 13.4. The van der Waals surface area contributed by atoms with E-state index >= 15 is 0 Å². The van der Waals surface area contributed by atoms with Gasteiger partial charge in [-0.3, -0.25) is 4.79 Å². The molecule has 1 N–H and O–H groups in total. The first-order valence-corrected chi connectivity index (χ1v) is 7.99. The van der Waals surface area contributed by atoms with Crippen LogP contribution in [0.25, 0.3) is 0 Å². The third-order valence-electron chi connectivity index (χ3n) is 4.63. The molecule has 2 aliphatic heterocycles. The molecule has 4 rings (SSSR count). The van der Waals surface area contributed by atoms with Crippen molar-refractivity contribution in [2.75, 3.05) is 13.1 Å². The van der Waals surface area contributed by atoms with E-state index in [4.69, 9.17) is 16.3 Å². The number of ether oxygens (including phenoxy) is 1. The second kappa shape index (κ2) is 5.24. The van der Waals surface area contributed by atoms with Crippen LogP contribution in [0.4, 0.5) is 0 Å². The topological polar surface area (TPSA) is 66.8 Å². The molecule has 2 aromatic rings. The van der Waals surface area contributed by atoms with Crippen LogP contribution < -0.4 is 0 Å². The van der Waals surface area contributed by atoms with E-state index in [2.05, 4.69) is 0 Å². The molecule has 0 aromatic heterocycles. The van der Waals surface area contributed by atoms with Gasteiger partial charge in [-0.25, -0.2) is 4.79 Å². The summed E-state index contributed by atoms with van der Waals surface area (Å²) in [5.41, 5.74) is 0.841. The third-order valence-corrected chi connectivity index (χ3v) is 4.95. The van der Waals surface area contributed by atoms with Crippen molar-refractivity contribution in [1.29, 1.82) is 0 Å². The van der Waals surface area contributed by atoms with Crippen LogP contribution in [-0.2, 0) is 10.3 Å². The van der Waals surface area contributed by atoms with Crippen LogP contribution in [0.15, 0.2) is 42.5 Å². The summed E-state index contributed by atoms with van der Waals surface area (Å²) in [5.74, 6) is -0.655. The Labute approximate surface area is 143 Å². The SMILES string of the molecule is O=C1O[C@]2(CCN(C(=O)c3cc(O)ccc3Cl)C2)c2ccccc21. The third kappa shape index (κ3) is 2.16. The van der Waals surface area contributed by atoms with Crippen LogP contribution >= 0.6 is 11.6 Å². The molecule has 0 aliphatic carbocycles. The molecule has 1 fully saturated rings. The summed E-state index contributed by atoms with van der Waals surface area (Å²) < 4.78 is 5.64. The number of benzene rings is 2. The minimum atomic E-state index is -0.785. The number of halogens is 1. The van der Waals surface area contributed by atoms with Crippen LogP contribution in [0.2, 0.25) is 5.02 Å². The fourth-order valence-corrected chi connectivity index (χ4v) is 3.65. The molecule has 6 heteroatoms. The molecule has 5 nitrogen and oxygen atoms in total. The van der Waals surface area contributed by atoms with E-state index in [1.807, 2.05) is 12.1 Å². The predicted octanol–water partition coefficient (Wildman–Crippen LogP) is 2.96. The number of phenolic OH excluding ortho intramolecular Hbond substituents is 1. The van der Waals surface area contributed by atoms with E-state index < -0.39 is 5.60 Å². The van der Waals surface area contributed by atoms with Crippen LogP contribution in [0, 0.1) is 0 Å². The summed E-state index contributed by atoms with van der Waals surface area (Å²) >= 11 is 6.08. The molecule has 2 aromatic carbocycles. The highest BCUT2D eigenvalue weighted by atomic mass is 35.5. The Kier molecular flexibility index (Phi) is 3.28. The lowest BCUT2D eigenvalue weighted by Gasteiger charge is -2.24. The number of hydrogen-bond donors (Lipinski definition) is 1. The van der Waals surface area contributed by atoms with Gasteiger partial charge in [0.25, 0.3) is 5.91 Å². The lowest BCUT2D eigenvalue weighted by molar-refractivity contribution is -0.00306. The van der Waals surface area contributed by atoms with Crippen molar-refractivity contribution in [3.05, 3.63) is 64.2 Å². The highest BCUT2D eigenvalue weighted by Gasteiger charge is 2.51. The van der Waals surface area contributed by atoms with Crippen molar-refractivity contribution in [3.8, 4) is 5.75 Å². The van der Waals surface area contributed by atoms with E-state index in [-0.39, 0.29) is 34.8 Å². The van der Waals surface area contributed by atoms with Gasteiger partial charge in [0, 0.05) is 18.5 Å². The summed E-state index contributed by atoms with van der Waals surface area (Å²) in [4.78, 5) is 26.4. The fourth-order valence-electron chi connectivity index (χ4n) is 3.45. The van der Waals surface area contributed by atoms with Gasteiger partial charge in [-0.15, -0.1) is 0 Å². The van der Waals surface area contributed by atoms with E-state index in [0.717, 1.165) is 5.56 Å². The van der Waals surface area contributed by atoms with E-state index in [0.29, 0.717) is 18.5 Å². The molecule has 122 valence electrons. The van der Waals surface area contributed by atoms with Gasteiger partial charge in [0.1, 0.15) is 5.75 Å². The van der Waals surface area contributed by atoms with E-state index in [9.17, 15) is 14.7 Å². The molecule has 1 amide bonds. The average molecular weight is 344 g/mol. The second-order valence-corrected chi connectivity index (χ2v) is 6.48. The molecule has 0 saturated carbocycles. The molecule has 1 saturated heterocycles. The Morgan fingerprint density at radius 1 is 1.25 bits per heavy atom. The second-order valence-electron chi connectivity index (χ2n) is 6.07. The minimum absolute atomic E-state index is 0.0192. The summed E-state index contributed by atoms with van der Waals surface area (Å²) in [7, 11) is 0. The number of likely N-dealkylation sites (tertiary alicyclic amines) is 1. The molecule has 1 spiro atoms. The average Bonchev–Trinajstić information content (AvgIpc) is 3.12. The minimum Gasteiger partial charge on any atom is -0.508 e. The van der Waals surface area contributed by atoms with Crippen molar-refractivity contribution >= 4 is 23.5 Å². The number of carbonyl (C=O) groups is 2. The maximum atomic E-state index is 12.7. The molecule has 0 radical (unpaired) electrons. The standard InChI is InChI=1S/C18H14ClNO4/c19-15-6-5-11(21)9-13(15)16(22)20-8-7-18(10-20)14-4-2-1-3-12(14)17(23)24-18/h1-6,9,21H,7-8,10H2/t18-/m0/s1. The monoisotopic (exact) mass is 343 g/mol. The Hall–Kier alpha value is -2.53. The molecule has 0 bridgehead atoms. The first-order valence-electron chi connectivity index (χ1n) is 7.61. The molecular weight excluding hydrogens is 330 g/mol. The number of phenols is 1. The molecule has 0 unspecified atom stereocenters. The van der Waals surface area contributed by atoms with E-state index in [1.165, 1.54) is 18.2 Å². The molecule has 2 heterocycles. The number of rotatable bonds is 1. The van der Waals surface area contributed by atoms with Gasteiger partial charge in [-0.2, -0.15) is 0 Å². The summed E-state index contributed by atoms with van der Waals surface area (Å²) in [5, 5.41) is 9.88. The van der Waals surface area contributed by atoms with Gasteiger partial charge >= 0.3 is 5.97 Å². The van der Waals surface area contributed by atoms with Crippen LogP contribution in [0.5, 0.6) is 5.75 Å². The molecule has 1 atom stereocenters. The zero-order valence-electron chi connectivity index (χ0n) is 12.7. The van der Waals surface area contributed by atoms with Gasteiger partial charge < -0.3 is 14.7 Å². The lowest BCUT2D eigenvalue weighted by Crippen LogP contribution is -2.34. The molecular formula is C18H14ClNO4. The largest absolute Gasteiger partial charge is 0.508 e. The predicted molar refractivity (Wildman–Crippen MR) is 87.2 cm³/mol. The van der Waals surface area contributed by atoms with Crippen LogP contribution in [-0.4, -0.2) is 35.0 Å². The Balaban J connectivity index is 1.65. The van der Waals surface area contributed by atoms with Crippen molar-refractivity contribution in [1.82, 2.24) is 4.90 Å². The van der Waals surface area contributed by atoms with Gasteiger partial charge in [0.05, 0.1) is 22.7 Å². The van der Waals surface area contributed by atoms with Crippen LogP contribution in [0.1, 0.15) is 32.7 Å². The number of amides is 1.